The van der Waals surface area contributed by atoms with Crippen molar-refractivity contribution >= 4 is 23.5 Å². The Morgan fingerprint density at radius 3 is 2.52 bits per heavy atom. The number of amides is 1. The molecule has 1 aromatic heterocycles. The van der Waals surface area contributed by atoms with E-state index < -0.39 is 12.0 Å². The van der Waals surface area contributed by atoms with E-state index in [1.807, 2.05) is 0 Å². The highest BCUT2D eigenvalue weighted by Gasteiger charge is 2.20. The first-order valence-corrected chi connectivity index (χ1v) is 6.71. The Morgan fingerprint density at radius 1 is 1.24 bits per heavy atom. The topological polar surface area (TPSA) is 79.5 Å². The number of hydrogen-bond donors (Lipinski definition) is 2. The predicted molar refractivity (Wildman–Crippen MR) is 77.0 cm³/mol. The van der Waals surface area contributed by atoms with Gasteiger partial charge in [0.2, 0.25) is 5.91 Å². The molecule has 0 fully saturated rings. The molecule has 0 spiro atoms. The minimum Gasteiger partial charge on any atom is -0.481 e. The fourth-order valence-electron chi connectivity index (χ4n) is 1.92. The number of nitrogens with one attached hydrogen (secondary N) is 1. The van der Waals surface area contributed by atoms with Crippen LogP contribution in [0.3, 0.4) is 0 Å². The molecule has 21 heavy (non-hydrogen) atoms. The summed E-state index contributed by atoms with van der Waals surface area (Å²) in [5.41, 5.74) is 0.797. The van der Waals surface area contributed by atoms with Crippen molar-refractivity contribution in [2.24, 2.45) is 0 Å². The van der Waals surface area contributed by atoms with E-state index in [0.29, 0.717) is 10.8 Å². The Balaban J connectivity index is 2.01. The van der Waals surface area contributed by atoms with E-state index in [9.17, 15) is 9.59 Å². The van der Waals surface area contributed by atoms with Crippen molar-refractivity contribution in [2.45, 2.75) is 18.9 Å². The van der Waals surface area contributed by atoms with E-state index in [4.69, 9.17) is 21.1 Å². The van der Waals surface area contributed by atoms with Crippen LogP contribution in [0.1, 0.15) is 23.8 Å². The van der Waals surface area contributed by atoms with Crippen LogP contribution in [-0.2, 0) is 16.0 Å². The minimum atomic E-state index is -1.01. The van der Waals surface area contributed by atoms with Crippen LogP contribution in [0.25, 0.3) is 0 Å². The van der Waals surface area contributed by atoms with Crippen LogP contribution < -0.4 is 5.32 Å². The van der Waals surface area contributed by atoms with Crippen molar-refractivity contribution in [2.75, 3.05) is 0 Å². The molecule has 0 aliphatic carbocycles. The van der Waals surface area contributed by atoms with Crippen molar-refractivity contribution in [1.82, 2.24) is 5.32 Å². The number of carbonyl (C=O) groups excluding carboxylic acids is 1. The van der Waals surface area contributed by atoms with Gasteiger partial charge in [-0.05, 0) is 29.8 Å². The van der Waals surface area contributed by atoms with Gasteiger partial charge in [0.1, 0.15) is 5.76 Å². The third kappa shape index (κ3) is 4.65. The van der Waals surface area contributed by atoms with Gasteiger partial charge in [-0.1, -0.05) is 23.7 Å². The number of rotatable bonds is 6. The lowest BCUT2D eigenvalue weighted by Gasteiger charge is -2.14. The van der Waals surface area contributed by atoms with Crippen LogP contribution in [0.4, 0.5) is 0 Å². The molecule has 0 saturated carbocycles. The summed E-state index contributed by atoms with van der Waals surface area (Å²) >= 11 is 5.78. The first kappa shape index (κ1) is 15.1. The van der Waals surface area contributed by atoms with Crippen molar-refractivity contribution < 1.29 is 19.1 Å². The lowest BCUT2D eigenvalue weighted by Crippen LogP contribution is -2.31. The summed E-state index contributed by atoms with van der Waals surface area (Å²) in [5.74, 6) is -0.870. The van der Waals surface area contributed by atoms with Gasteiger partial charge in [0, 0.05) is 5.02 Å². The Hall–Kier alpha value is -2.27. The number of carboxylic acid groups (broad SMARTS) is 1. The molecule has 1 heterocycles. The lowest BCUT2D eigenvalue weighted by atomic mass is 10.1. The van der Waals surface area contributed by atoms with E-state index in [1.165, 1.54) is 6.26 Å². The molecule has 2 aromatic rings. The quantitative estimate of drug-likeness (QED) is 0.860. The summed E-state index contributed by atoms with van der Waals surface area (Å²) in [6.45, 7) is 0. The van der Waals surface area contributed by atoms with Crippen molar-refractivity contribution in [3.8, 4) is 0 Å². The summed E-state index contributed by atoms with van der Waals surface area (Å²) < 4.78 is 5.17. The highest BCUT2D eigenvalue weighted by Crippen LogP contribution is 2.18. The van der Waals surface area contributed by atoms with Gasteiger partial charge in [-0.2, -0.15) is 0 Å². The molecule has 6 heteroatoms. The van der Waals surface area contributed by atoms with Gasteiger partial charge >= 0.3 is 5.97 Å². The second-order valence-corrected chi connectivity index (χ2v) is 4.97. The molecule has 0 aliphatic heterocycles. The SMILES string of the molecule is O=C(O)C[C@@H](NC(=O)Cc1ccc(Cl)cc1)c1ccco1. The molecule has 0 radical (unpaired) electrons. The molecular formula is C15H14ClNO4. The number of carboxylic acids is 1. The molecule has 1 amide bonds. The van der Waals surface area contributed by atoms with E-state index in [0.717, 1.165) is 5.56 Å². The molecule has 2 N–H and O–H groups in total. The molecule has 5 nitrogen and oxygen atoms in total. The lowest BCUT2D eigenvalue weighted by molar-refractivity contribution is -0.137. The Morgan fingerprint density at radius 2 is 1.95 bits per heavy atom. The molecule has 1 aromatic carbocycles. The zero-order valence-corrected chi connectivity index (χ0v) is 11.8. The van der Waals surface area contributed by atoms with Gasteiger partial charge in [0.15, 0.2) is 0 Å². The van der Waals surface area contributed by atoms with Crippen molar-refractivity contribution in [3.63, 3.8) is 0 Å². The molecule has 2 rings (SSSR count). The van der Waals surface area contributed by atoms with E-state index in [1.54, 1.807) is 36.4 Å². The minimum absolute atomic E-state index is 0.147. The largest absolute Gasteiger partial charge is 0.481 e. The van der Waals surface area contributed by atoms with Crippen LogP contribution in [0.5, 0.6) is 0 Å². The van der Waals surface area contributed by atoms with E-state index >= 15 is 0 Å². The molecule has 1 atom stereocenters. The third-order valence-electron chi connectivity index (χ3n) is 2.88. The maximum Gasteiger partial charge on any atom is 0.305 e. The number of furan rings is 1. The molecular weight excluding hydrogens is 294 g/mol. The maximum atomic E-state index is 12.0. The summed E-state index contributed by atoms with van der Waals surface area (Å²) in [6.07, 6.45) is 1.35. The average Bonchev–Trinajstić information content (AvgIpc) is 2.94. The van der Waals surface area contributed by atoms with Gasteiger partial charge in [-0.25, -0.2) is 0 Å². The number of hydrogen-bond acceptors (Lipinski definition) is 3. The number of aliphatic carboxylic acids is 1. The second-order valence-electron chi connectivity index (χ2n) is 4.54. The van der Waals surface area contributed by atoms with Crippen LogP contribution in [0.2, 0.25) is 5.02 Å². The fraction of sp³-hybridized carbons (Fsp3) is 0.200. The number of halogens is 1. The van der Waals surface area contributed by atoms with Crippen LogP contribution >= 0.6 is 11.6 Å². The average molecular weight is 308 g/mol. The van der Waals surface area contributed by atoms with Gasteiger partial charge in [-0.3, -0.25) is 9.59 Å². The van der Waals surface area contributed by atoms with Crippen molar-refractivity contribution in [1.29, 1.82) is 0 Å². The summed E-state index contributed by atoms with van der Waals surface area (Å²) in [7, 11) is 0. The standard InChI is InChI=1S/C15H14ClNO4/c16-11-5-3-10(4-6-11)8-14(18)17-12(9-15(19)20)13-2-1-7-21-13/h1-7,12H,8-9H2,(H,17,18)(H,19,20)/t12-/m1/s1. The predicted octanol–water partition coefficient (Wildman–Crippen LogP) is 2.81. The van der Waals surface area contributed by atoms with Gasteiger partial charge in [0.05, 0.1) is 25.1 Å². The Bertz CT molecular complexity index is 607. The molecule has 0 saturated heterocycles. The summed E-state index contributed by atoms with van der Waals surface area (Å²) in [6, 6.07) is 9.50. The smallest absolute Gasteiger partial charge is 0.305 e. The summed E-state index contributed by atoms with van der Waals surface area (Å²) in [4.78, 5) is 22.9. The normalized spacial score (nSPS) is 11.9. The molecule has 110 valence electrons. The van der Waals surface area contributed by atoms with Gasteiger partial charge in [-0.15, -0.1) is 0 Å². The Labute approximate surface area is 126 Å². The third-order valence-corrected chi connectivity index (χ3v) is 3.13. The first-order chi connectivity index (χ1) is 10.0. The second kappa shape index (κ2) is 6.95. The maximum absolute atomic E-state index is 12.0. The first-order valence-electron chi connectivity index (χ1n) is 6.33. The fourth-order valence-corrected chi connectivity index (χ4v) is 2.05. The molecule has 0 aliphatic rings. The van der Waals surface area contributed by atoms with Gasteiger partial charge in [0.25, 0.3) is 0 Å². The zero-order valence-electron chi connectivity index (χ0n) is 11.1. The zero-order chi connectivity index (χ0) is 15.2. The van der Waals surface area contributed by atoms with Crippen molar-refractivity contribution in [3.05, 3.63) is 59.0 Å². The highest BCUT2D eigenvalue weighted by molar-refractivity contribution is 6.30. The number of benzene rings is 1. The van der Waals surface area contributed by atoms with Crippen LogP contribution in [-0.4, -0.2) is 17.0 Å². The van der Waals surface area contributed by atoms with Gasteiger partial charge < -0.3 is 14.8 Å². The van der Waals surface area contributed by atoms with Crippen LogP contribution in [0.15, 0.2) is 47.1 Å². The highest BCUT2D eigenvalue weighted by atomic mass is 35.5. The molecule has 0 unspecified atom stereocenters. The van der Waals surface area contributed by atoms with Crippen LogP contribution in [0, 0.1) is 0 Å². The van der Waals surface area contributed by atoms with E-state index in [2.05, 4.69) is 5.32 Å². The summed E-state index contributed by atoms with van der Waals surface area (Å²) in [5, 5.41) is 12.2. The monoisotopic (exact) mass is 307 g/mol. The Kier molecular flexibility index (Phi) is 5.00. The van der Waals surface area contributed by atoms with E-state index in [-0.39, 0.29) is 18.7 Å². The number of carbonyl (C=O) groups is 2. The molecule has 0 bridgehead atoms.